The van der Waals surface area contributed by atoms with Gasteiger partial charge in [0.1, 0.15) is 16.5 Å². The van der Waals surface area contributed by atoms with Gasteiger partial charge in [-0.15, -0.1) is 11.3 Å². The number of amides is 1. The van der Waals surface area contributed by atoms with Crippen LogP contribution in [-0.4, -0.2) is 68.3 Å². The minimum Gasteiger partial charge on any atom is -0.493 e. The highest BCUT2D eigenvalue weighted by atomic mass is 32.1. The zero-order valence-corrected chi connectivity index (χ0v) is 22.8. The lowest BCUT2D eigenvalue weighted by Gasteiger charge is -2.36. The quantitative estimate of drug-likeness (QED) is 0.465. The van der Waals surface area contributed by atoms with Crippen molar-refractivity contribution in [2.75, 3.05) is 52.4 Å². The Hall–Kier alpha value is -3.07. The molecule has 6 rings (SSSR count). The molecular formula is C28H34N4O4S. The zero-order valence-electron chi connectivity index (χ0n) is 22.0. The summed E-state index contributed by atoms with van der Waals surface area (Å²) in [5, 5.41) is 1.26. The summed E-state index contributed by atoms with van der Waals surface area (Å²) in [6.45, 7) is 5.09. The van der Waals surface area contributed by atoms with Gasteiger partial charge >= 0.3 is 0 Å². The number of piperazine rings is 1. The number of benzene rings is 1. The zero-order chi connectivity index (χ0) is 25.7. The van der Waals surface area contributed by atoms with Crippen molar-refractivity contribution >= 4 is 33.3 Å². The van der Waals surface area contributed by atoms with Crippen molar-refractivity contribution in [1.29, 1.82) is 0 Å². The second-order valence-electron chi connectivity index (χ2n) is 10.4. The first kappa shape index (κ1) is 24.3. The van der Waals surface area contributed by atoms with Crippen LogP contribution in [-0.2, 0) is 12.8 Å². The molecule has 2 aromatic heterocycles. The highest BCUT2D eigenvalue weighted by Crippen LogP contribution is 2.45. The van der Waals surface area contributed by atoms with E-state index >= 15 is 0 Å². The van der Waals surface area contributed by atoms with Gasteiger partial charge in [0.15, 0.2) is 11.5 Å². The molecule has 1 aliphatic heterocycles. The molecule has 2 fully saturated rings. The first-order valence-electron chi connectivity index (χ1n) is 13.2. The van der Waals surface area contributed by atoms with Crippen LogP contribution in [0, 0.1) is 5.92 Å². The minimum absolute atomic E-state index is 0.0349. The van der Waals surface area contributed by atoms with Crippen LogP contribution in [0.25, 0.3) is 10.2 Å². The lowest BCUT2D eigenvalue weighted by atomic mass is 9.89. The van der Waals surface area contributed by atoms with E-state index in [-0.39, 0.29) is 5.91 Å². The number of hydrogen-bond donors (Lipinski definition) is 0. The van der Waals surface area contributed by atoms with Crippen molar-refractivity contribution < 1.29 is 19.0 Å². The average molecular weight is 523 g/mol. The number of rotatable bonds is 6. The number of aryl methyl sites for hydroxylation is 1. The summed E-state index contributed by atoms with van der Waals surface area (Å²) in [5.41, 5.74) is 2.00. The maximum absolute atomic E-state index is 13.5. The largest absolute Gasteiger partial charge is 0.493 e. The summed E-state index contributed by atoms with van der Waals surface area (Å²) in [5.74, 6) is 4.73. The molecule has 1 saturated carbocycles. The third-order valence-electron chi connectivity index (χ3n) is 7.87. The number of ether oxygens (including phenoxy) is 3. The molecule has 0 radical (unpaired) electrons. The Kier molecular flexibility index (Phi) is 6.34. The van der Waals surface area contributed by atoms with Gasteiger partial charge in [0.05, 0.1) is 26.7 Å². The molecule has 0 unspecified atom stereocenters. The van der Waals surface area contributed by atoms with E-state index in [2.05, 4.69) is 11.8 Å². The summed E-state index contributed by atoms with van der Waals surface area (Å²) in [6, 6.07) is 3.45. The van der Waals surface area contributed by atoms with Crippen molar-refractivity contribution in [2.45, 2.75) is 44.9 Å². The Labute approximate surface area is 221 Å². The standard InChI is InChI=1S/C28H34N4O4S/c1-16-5-8-19-22(13-16)37-27-23(19)26(29-25(30-27)17-6-7-17)31-9-11-32(12-10-31)28(33)18-14-20(34-2)24(36-4)21(15-18)35-3/h14-17H,5-13H2,1-4H3/t16-/m1/s1. The summed E-state index contributed by atoms with van der Waals surface area (Å²) in [7, 11) is 4.68. The smallest absolute Gasteiger partial charge is 0.254 e. The second kappa shape index (κ2) is 9.67. The van der Waals surface area contributed by atoms with Crippen LogP contribution in [0.5, 0.6) is 17.2 Å². The predicted molar refractivity (Wildman–Crippen MR) is 145 cm³/mol. The van der Waals surface area contributed by atoms with Crippen LogP contribution in [0.1, 0.15) is 58.7 Å². The number of thiophene rings is 1. The molecule has 0 bridgehead atoms. The third kappa shape index (κ3) is 4.37. The first-order valence-corrected chi connectivity index (χ1v) is 14.0. The molecule has 0 spiro atoms. The molecule has 9 heteroatoms. The lowest BCUT2D eigenvalue weighted by molar-refractivity contribution is 0.0745. The van der Waals surface area contributed by atoms with Crippen molar-refractivity contribution in [3.8, 4) is 17.2 Å². The number of carbonyl (C=O) groups is 1. The van der Waals surface area contributed by atoms with Crippen LogP contribution in [0.15, 0.2) is 12.1 Å². The molecule has 37 heavy (non-hydrogen) atoms. The second-order valence-corrected chi connectivity index (χ2v) is 11.5. The molecule has 2 aliphatic carbocycles. The Morgan fingerprint density at radius 3 is 2.30 bits per heavy atom. The fourth-order valence-electron chi connectivity index (χ4n) is 5.60. The number of nitrogens with zero attached hydrogens (tertiary/aromatic N) is 4. The molecule has 3 aliphatic rings. The summed E-state index contributed by atoms with van der Waals surface area (Å²) in [4.78, 5) is 30.6. The van der Waals surface area contributed by atoms with Gasteiger partial charge in [0.2, 0.25) is 5.75 Å². The summed E-state index contributed by atoms with van der Waals surface area (Å²) < 4.78 is 16.3. The lowest BCUT2D eigenvalue weighted by Crippen LogP contribution is -2.49. The van der Waals surface area contributed by atoms with Gasteiger partial charge in [-0.05, 0) is 55.7 Å². The first-order chi connectivity index (χ1) is 18.0. The van der Waals surface area contributed by atoms with Gasteiger partial charge in [-0.3, -0.25) is 4.79 Å². The average Bonchev–Trinajstić information content (AvgIpc) is 3.72. The number of anilines is 1. The molecule has 196 valence electrons. The number of carbonyl (C=O) groups excluding carboxylic acids is 1. The van der Waals surface area contributed by atoms with Gasteiger partial charge in [-0.25, -0.2) is 9.97 Å². The van der Waals surface area contributed by atoms with E-state index < -0.39 is 0 Å². The molecule has 1 saturated heterocycles. The van der Waals surface area contributed by atoms with Gasteiger partial charge in [-0.2, -0.15) is 0 Å². The molecule has 3 heterocycles. The van der Waals surface area contributed by atoms with Gasteiger partial charge in [0.25, 0.3) is 5.91 Å². The minimum atomic E-state index is -0.0349. The molecule has 0 N–H and O–H groups in total. The van der Waals surface area contributed by atoms with Crippen molar-refractivity contribution in [2.24, 2.45) is 5.92 Å². The molecular weight excluding hydrogens is 488 g/mol. The molecule has 8 nitrogen and oxygen atoms in total. The number of methoxy groups -OCH3 is 3. The SMILES string of the molecule is COc1cc(C(=O)N2CCN(c3nc(C4CC4)nc4sc5c(c34)CC[C@@H](C)C5)CC2)cc(OC)c1OC. The maximum atomic E-state index is 13.5. The van der Waals surface area contributed by atoms with Crippen molar-refractivity contribution in [3.05, 3.63) is 34.0 Å². The Balaban J connectivity index is 1.26. The molecule has 3 aromatic rings. The van der Waals surface area contributed by atoms with Crippen molar-refractivity contribution in [1.82, 2.24) is 14.9 Å². The summed E-state index contributed by atoms with van der Waals surface area (Å²) in [6.07, 6.45) is 5.84. The normalized spacial score (nSPS) is 19.6. The van der Waals surface area contributed by atoms with E-state index in [1.165, 1.54) is 35.1 Å². The topological polar surface area (TPSA) is 77.0 Å². The number of hydrogen-bond acceptors (Lipinski definition) is 8. The van der Waals surface area contributed by atoms with Crippen LogP contribution in [0.4, 0.5) is 5.82 Å². The monoisotopic (exact) mass is 522 g/mol. The third-order valence-corrected chi connectivity index (χ3v) is 9.02. The predicted octanol–water partition coefficient (Wildman–Crippen LogP) is 4.68. The fourth-order valence-corrected chi connectivity index (χ4v) is 6.98. The van der Waals surface area contributed by atoms with Crippen molar-refractivity contribution in [3.63, 3.8) is 0 Å². The van der Waals surface area contributed by atoms with E-state index in [0.29, 0.717) is 41.8 Å². The fraction of sp³-hybridized carbons (Fsp3) is 0.536. The number of aromatic nitrogens is 2. The highest BCUT2D eigenvalue weighted by molar-refractivity contribution is 7.19. The van der Waals surface area contributed by atoms with Gasteiger partial charge < -0.3 is 24.0 Å². The van der Waals surface area contributed by atoms with E-state index in [0.717, 1.165) is 48.3 Å². The summed E-state index contributed by atoms with van der Waals surface area (Å²) >= 11 is 1.88. The van der Waals surface area contributed by atoms with Crippen LogP contribution >= 0.6 is 11.3 Å². The van der Waals surface area contributed by atoms with Gasteiger partial charge in [-0.1, -0.05) is 6.92 Å². The highest BCUT2D eigenvalue weighted by Gasteiger charge is 2.33. The van der Waals surface area contributed by atoms with E-state index in [4.69, 9.17) is 24.2 Å². The molecule has 1 atom stereocenters. The van der Waals surface area contributed by atoms with E-state index in [1.807, 2.05) is 16.2 Å². The van der Waals surface area contributed by atoms with E-state index in [9.17, 15) is 4.79 Å². The van der Waals surface area contributed by atoms with Crippen LogP contribution in [0.3, 0.4) is 0 Å². The molecule has 1 aromatic carbocycles. The van der Waals surface area contributed by atoms with Crippen LogP contribution < -0.4 is 19.1 Å². The van der Waals surface area contributed by atoms with Gasteiger partial charge in [0, 0.05) is 42.5 Å². The Morgan fingerprint density at radius 1 is 0.973 bits per heavy atom. The van der Waals surface area contributed by atoms with E-state index in [1.54, 1.807) is 33.5 Å². The Morgan fingerprint density at radius 2 is 1.68 bits per heavy atom. The van der Waals surface area contributed by atoms with Crippen LogP contribution in [0.2, 0.25) is 0 Å². The number of fused-ring (bicyclic) bond motifs is 3. The molecule has 1 amide bonds. The maximum Gasteiger partial charge on any atom is 0.254 e. The Bertz CT molecular complexity index is 1320.